The molecule has 1 radical (unpaired) electrons. The number of hydrogen-bond acceptors (Lipinski definition) is 6. The van der Waals surface area contributed by atoms with Crippen LogP contribution in [0.1, 0.15) is 17.4 Å². The lowest BCUT2D eigenvalue weighted by Crippen LogP contribution is -2.43. The second kappa shape index (κ2) is 7.51. The first kappa shape index (κ1) is 17.2. The van der Waals surface area contributed by atoms with Gasteiger partial charge >= 0.3 is 12.1 Å². The first-order valence-corrected chi connectivity index (χ1v) is 7.72. The molecule has 0 saturated carbocycles. The van der Waals surface area contributed by atoms with Crippen molar-refractivity contribution in [1.29, 1.82) is 0 Å². The van der Waals surface area contributed by atoms with Crippen LogP contribution in [0.5, 0.6) is 5.75 Å². The molecular weight excluding hydrogens is 340 g/mol. The first-order valence-electron chi connectivity index (χ1n) is 7.72. The Morgan fingerprint density at radius 3 is 2.73 bits per heavy atom. The highest BCUT2D eigenvalue weighted by atomic mass is 16.3. The Morgan fingerprint density at radius 2 is 2.08 bits per heavy atom. The Balaban J connectivity index is 1.63. The lowest BCUT2D eigenvalue weighted by Gasteiger charge is -2.18. The van der Waals surface area contributed by atoms with Crippen molar-refractivity contribution in [2.45, 2.75) is 6.04 Å². The fourth-order valence-corrected chi connectivity index (χ4v) is 2.36. The average molecular weight is 355 g/mol. The zero-order valence-electron chi connectivity index (χ0n) is 13.5. The van der Waals surface area contributed by atoms with Crippen LogP contribution in [-0.4, -0.2) is 52.7 Å². The Bertz CT molecular complexity index is 816. The zero-order valence-corrected chi connectivity index (χ0v) is 13.5. The summed E-state index contributed by atoms with van der Waals surface area (Å²) in [7, 11) is 0. The number of benzene rings is 1. The number of nitrogens with one attached hydrogen (secondary N) is 1. The predicted octanol–water partition coefficient (Wildman–Crippen LogP) is 1.62. The molecule has 1 aliphatic heterocycles. The minimum atomic E-state index is -1.06. The van der Waals surface area contributed by atoms with Gasteiger partial charge in [0.05, 0.1) is 25.6 Å². The van der Waals surface area contributed by atoms with Crippen molar-refractivity contribution in [2.75, 3.05) is 13.1 Å². The van der Waals surface area contributed by atoms with E-state index in [-0.39, 0.29) is 18.8 Å². The molecule has 4 amide bonds. The van der Waals surface area contributed by atoms with Gasteiger partial charge in [-0.3, -0.25) is 4.79 Å². The summed E-state index contributed by atoms with van der Waals surface area (Å²) in [6.07, 6.45) is 4.56. The second-order valence-electron chi connectivity index (χ2n) is 5.41. The lowest BCUT2D eigenvalue weighted by atomic mass is 10.1. The van der Waals surface area contributed by atoms with Crippen molar-refractivity contribution in [3.8, 4) is 5.75 Å². The smallest absolute Gasteiger partial charge is 0.348 e. The number of hydrazone groups is 1. The van der Waals surface area contributed by atoms with Crippen molar-refractivity contribution in [3.63, 3.8) is 0 Å². The van der Waals surface area contributed by atoms with Crippen LogP contribution in [0.15, 0.2) is 52.2 Å². The maximum Gasteiger partial charge on any atom is 0.348 e. The van der Waals surface area contributed by atoms with Gasteiger partial charge in [-0.1, -0.05) is 12.1 Å². The maximum absolute atomic E-state index is 12.3. The van der Waals surface area contributed by atoms with Crippen LogP contribution in [0.4, 0.5) is 9.59 Å². The summed E-state index contributed by atoms with van der Waals surface area (Å²) in [6, 6.07) is 6.71. The van der Waals surface area contributed by atoms with Crippen molar-refractivity contribution in [2.24, 2.45) is 5.10 Å². The van der Waals surface area contributed by atoms with E-state index < -0.39 is 18.1 Å². The number of carbonyl (C=O) groups excluding carboxylic acids is 3. The van der Waals surface area contributed by atoms with E-state index in [1.54, 1.807) is 18.4 Å². The van der Waals surface area contributed by atoms with Crippen LogP contribution >= 0.6 is 0 Å². The molecule has 0 bridgehead atoms. The molecule has 2 aromatic rings. The fraction of sp³-hybridized carbons (Fsp3) is 0.176. The van der Waals surface area contributed by atoms with Crippen LogP contribution in [0.25, 0.3) is 0 Å². The molecule has 9 heteroatoms. The molecule has 1 unspecified atom stereocenters. The van der Waals surface area contributed by atoms with Gasteiger partial charge in [0.1, 0.15) is 17.6 Å². The second-order valence-corrected chi connectivity index (χ2v) is 5.41. The number of furan rings is 1. The van der Waals surface area contributed by atoms with E-state index in [1.165, 1.54) is 36.7 Å². The number of aromatic hydroxyl groups is 1. The molecule has 1 atom stereocenters. The van der Waals surface area contributed by atoms with E-state index in [9.17, 15) is 19.5 Å². The van der Waals surface area contributed by atoms with Crippen LogP contribution in [0.3, 0.4) is 0 Å². The quantitative estimate of drug-likeness (QED) is 0.791. The molecule has 9 nitrogen and oxygen atoms in total. The highest BCUT2D eigenvalue weighted by Gasteiger charge is 2.34. The number of nitrogens with zero attached hydrogens (tertiary/aromatic N) is 3. The van der Waals surface area contributed by atoms with E-state index in [4.69, 9.17) is 4.42 Å². The Morgan fingerprint density at radius 1 is 1.31 bits per heavy atom. The van der Waals surface area contributed by atoms with E-state index in [0.29, 0.717) is 11.3 Å². The van der Waals surface area contributed by atoms with Crippen LogP contribution in [-0.2, 0) is 4.79 Å². The zero-order chi connectivity index (χ0) is 18.5. The lowest BCUT2D eigenvalue weighted by molar-refractivity contribution is 0.185. The summed E-state index contributed by atoms with van der Waals surface area (Å²) in [4.78, 5) is 36.7. The van der Waals surface area contributed by atoms with Gasteiger partial charge < -0.3 is 14.8 Å². The Kier molecular flexibility index (Phi) is 4.97. The number of hydrogen-bond donors (Lipinski definition) is 2. The van der Waals surface area contributed by atoms with Gasteiger partial charge in [-0.05, 0) is 29.8 Å². The standard InChI is InChI=1S/C17H15N4O5/c22-11-15(12-3-5-13(23)6-4-12)19-16(24)20-7-8-21(17(20)25)18-10-14-2-1-9-26-14/h1-6,9-10,15,23H,7-8H2,(H,19,24). The summed E-state index contributed by atoms with van der Waals surface area (Å²) >= 11 is 0. The number of imide groups is 1. The van der Waals surface area contributed by atoms with Gasteiger partial charge in [-0.15, -0.1) is 0 Å². The summed E-state index contributed by atoms with van der Waals surface area (Å²) in [5.74, 6) is 0.508. The number of carbonyl (C=O) groups is 2. The van der Waals surface area contributed by atoms with Crippen molar-refractivity contribution in [3.05, 3.63) is 54.0 Å². The third-order valence-electron chi connectivity index (χ3n) is 3.71. The minimum absolute atomic E-state index is 0.0320. The van der Waals surface area contributed by atoms with Crippen molar-refractivity contribution in [1.82, 2.24) is 15.2 Å². The molecule has 3 rings (SSSR count). The van der Waals surface area contributed by atoms with Gasteiger partial charge in [-0.25, -0.2) is 19.5 Å². The number of phenolic OH excluding ortho intramolecular Hbond substituents is 1. The molecule has 0 aliphatic carbocycles. The van der Waals surface area contributed by atoms with Crippen molar-refractivity contribution >= 4 is 24.6 Å². The largest absolute Gasteiger partial charge is 0.508 e. The highest BCUT2D eigenvalue weighted by Crippen LogP contribution is 2.17. The number of amides is 4. The number of phenols is 1. The van der Waals surface area contributed by atoms with Crippen LogP contribution in [0, 0.1) is 0 Å². The van der Waals surface area contributed by atoms with Gasteiger partial charge in [0, 0.05) is 0 Å². The fourth-order valence-electron chi connectivity index (χ4n) is 2.36. The molecule has 2 heterocycles. The summed E-state index contributed by atoms with van der Waals surface area (Å²) in [5.41, 5.74) is 0.436. The number of rotatable bonds is 5. The monoisotopic (exact) mass is 355 g/mol. The molecular formula is C17H15N4O5. The minimum Gasteiger partial charge on any atom is -0.508 e. The first-order chi connectivity index (χ1) is 12.6. The molecule has 1 saturated heterocycles. The van der Waals surface area contributed by atoms with E-state index in [2.05, 4.69) is 10.4 Å². The molecule has 0 spiro atoms. The van der Waals surface area contributed by atoms with Gasteiger partial charge in [0.15, 0.2) is 0 Å². The molecule has 1 aromatic carbocycles. The number of urea groups is 2. The normalized spacial score (nSPS) is 15.5. The van der Waals surface area contributed by atoms with Crippen LogP contribution in [0.2, 0.25) is 0 Å². The van der Waals surface area contributed by atoms with Crippen molar-refractivity contribution < 1.29 is 23.9 Å². The molecule has 1 aliphatic rings. The average Bonchev–Trinajstić information content (AvgIpc) is 3.28. The van der Waals surface area contributed by atoms with Gasteiger partial charge in [0.2, 0.25) is 6.29 Å². The highest BCUT2D eigenvalue weighted by molar-refractivity contribution is 5.96. The summed E-state index contributed by atoms with van der Waals surface area (Å²) < 4.78 is 5.09. The third-order valence-corrected chi connectivity index (χ3v) is 3.71. The SMILES string of the molecule is O=[C]C(NC(=O)N1CCN(N=Cc2ccco2)C1=O)c1ccc(O)cc1. The summed E-state index contributed by atoms with van der Waals surface area (Å²) in [5, 5.41) is 16.8. The topological polar surface area (TPSA) is 115 Å². The molecule has 1 aromatic heterocycles. The van der Waals surface area contributed by atoms with Gasteiger partial charge in [0.25, 0.3) is 0 Å². The van der Waals surface area contributed by atoms with Gasteiger partial charge in [-0.2, -0.15) is 5.10 Å². The molecule has 2 N–H and O–H groups in total. The Hall–Kier alpha value is -3.62. The van der Waals surface area contributed by atoms with Crippen LogP contribution < -0.4 is 5.32 Å². The predicted molar refractivity (Wildman–Crippen MR) is 90.2 cm³/mol. The van der Waals surface area contributed by atoms with E-state index in [0.717, 1.165) is 9.91 Å². The molecule has 26 heavy (non-hydrogen) atoms. The van der Waals surface area contributed by atoms with E-state index >= 15 is 0 Å². The van der Waals surface area contributed by atoms with E-state index in [1.807, 2.05) is 0 Å². The Labute approximate surface area is 148 Å². The molecule has 133 valence electrons. The maximum atomic E-state index is 12.3. The summed E-state index contributed by atoms with van der Waals surface area (Å²) in [6.45, 7) is 0.347. The third kappa shape index (κ3) is 3.72. The molecule has 1 fully saturated rings.